The average molecular weight is 528 g/mol. The molecule has 1 aliphatic carbocycles. The van der Waals surface area contributed by atoms with Gasteiger partial charge >= 0.3 is 16.5 Å². The van der Waals surface area contributed by atoms with Crippen molar-refractivity contribution in [3.05, 3.63) is 48.2 Å². The number of aliphatic hydroxyl groups is 1. The van der Waals surface area contributed by atoms with Gasteiger partial charge in [0.05, 0.1) is 23.8 Å². The Balaban J connectivity index is 1.55. The van der Waals surface area contributed by atoms with Crippen molar-refractivity contribution < 1.29 is 30.9 Å². The van der Waals surface area contributed by atoms with E-state index < -0.39 is 28.0 Å². The number of nitrogens with zero attached hydrogens (tertiary/aromatic N) is 3. The van der Waals surface area contributed by atoms with E-state index in [0.29, 0.717) is 35.6 Å². The monoisotopic (exact) mass is 527 g/mol. The van der Waals surface area contributed by atoms with Crippen molar-refractivity contribution in [1.29, 1.82) is 0 Å². The second-order valence-corrected chi connectivity index (χ2v) is 11.0. The number of aromatic nitrogens is 3. The molecule has 9 nitrogen and oxygen atoms in total. The van der Waals surface area contributed by atoms with E-state index in [4.69, 9.17) is 4.18 Å². The predicted molar refractivity (Wildman–Crippen MR) is 128 cm³/mol. The van der Waals surface area contributed by atoms with Crippen LogP contribution in [-0.2, 0) is 19.9 Å². The second-order valence-electron chi connectivity index (χ2n) is 9.42. The summed E-state index contributed by atoms with van der Waals surface area (Å²) in [5, 5.41) is 18.2. The Morgan fingerprint density at radius 1 is 1.19 bits per heavy atom. The number of nitrogens with one attached hydrogen (secondary N) is 2. The summed E-state index contributed by atoms with van der Waals surface area (Å²) >= 11 is 0. The molecule has 2 heterocycles. The van der Waals surface area contributed by atoms with E-state index in [9.17, 15) is 26.7 Å². The number of aliphatic hydroxyl groups excluding tert-OH is 1. The molecule has 1 saturated carbocycles. The van der Waals surface area contributed by atoms with Crippen molar-refractivity contribution in [2.75, 3.05) is 19.0 Å². The van der Waals surface area contributed by atoms with E-state index in [2.05, 4.69) is 20.1 Å². The van der Waals surface area contributed by atoms with Gasteiger partial charge in [-0.1, -0.05) is 18.2 Å². The zero-order valence-electron chi connectivity index (χ0n) is 20.0. The van der Waals surface area contributed by atoms with Gasteiger partial charge in [0.1, 0.15) is 5.82 Å². The van der Waals surface area contributed by atoms with Crippen molar-refractivity contribution in [2.24, 2.45) is 5.92 Å². The fraction of sp³-hybridized carbons (Fsp3) is 0.478. The third kappa shape index (κ3) is 5.33. The smallest absolute Gasteiger partial charge is 0.393 e. The van der Waals surface area contributed by atoms with Crippen LogP contribution >= 0.6 is 0 Å². The lowest BCUT2D eigenvalue weighted by Gasteiger charge is -2.28. The molecule has 1 fully saturated rings. The molecule has 3 atom stereocenters. The predicted octanol–water partition coefficient (Wildman–Crippen LogP) is 3.27. The number of alkyl halides is 3. The van der Waals surface area contributed by atoms with Crippen molar-refractivity contribution >= 4 is 21.8 Å². The van der Waals surface area contributed by atoms with Crippen LogP contribution in [0.15, 0.2) is 42.6 Å². The Kier molecular flexibility index (Phi) is 7.03. The molecule has 1 aromatic carbocycles. The third-order valence-electron chi connectivity index (χ3n) is 6.64. The largest absolute Gasteiger partial charge is 0.397 e. The van der Waals surface area contributed by atoms with Gasteiger partial charge in [-0.05, 0) is 44.4 Å². The summed E-state index contributed by atoms with van der Waals surface area (Å²) in [6.07, 6.45) is -2.74. The standard InChI is InChI=1S/C23H28F3N5O4S/c1-22(2,23(24,25)26)16-6-4-5-14(9-16)18-12-21-28-8-7-20(31(21)30-18)29-17-10-15(19(32)11-17)13-35-36(33,34)27-3/h4-9,12,15,17,19,27,29,32H,10-11,13H2,1-3H3/t15-,17-,19+/m1/s1. The fourth-order valence-electron chi connectivity index (χ4n) is 4.22. The van der Waals surface area contributed by atoms with Gasteiger partial charge < -0.3 is 10.4 Å². The fourth-order valence-corrected chi connectivity index (χ4v) is 4.69. The molecule has 0 bridgehead atoms. The molecule has 2 aromatic heterocycles. The molecule has 0 unspecified atom stereocenters. The lowest BCUT2D eigenvalue weighted by Crippen LogP contribution is -2.36. The van der Waals surface area contributed by atoms with Crippen molar-refractivity contribution in [1.82, 2.24) is 19.3 Å². The highest BCUT2D eigenvalue weighted by Gasteiger charge is 2.48. The Hall–Kier alpha value is -2.74. The van der Waals surface area contributed by atoms with Crippen LogP contribution in [0, 0.1) is 5.92 Å². The molecule has 4 rings (SSSR count). The van der Waals surface area contributed by atoms with Crippen LogP contribution in [0.4, 0.5) is 19.0 Å². The first-order chi connectivity index (χ1) is 16.8. The van der Waals surface area contributed by atoms with Gasteiger partial charge in [0.2, 0.25) is 0 Å². The highest BCUT2D eigenvalue weighted by Crippen LogP contribution is 2.41. The Bertz CT molecular complexity index is 1340. The molecular formula is C23H28F3N5O4S. The lowest BCUT2D eigenvalue weighted by molar-refractivity contribution is -0.180. The van der Waals surface area contributed by atoms with Gasteiger partial charge in [-0.25, -0.2) is 4.98 Å². The van der Waals surface area contributed by atoms with Gasteiger partial charge in [-0.15, -0.1) is 0 Å². The van der Waals surface area contributed by atoms with E-state index in [1.54, 1.807) is 35.0 Å². The highest BCUT2D eigenvalue weighted by molar-refractivity contribution is 7.84. The molecule has 1 aliphatic rings. The highest BCUT2D eigenvalue weighted by atomic mass is 32.2. The topological polar surface area (TPSA) is 118 Å². The van der Waals surface area contributed by atoms with Crippen LogP contribution < -0.4 is 10.0 Å². The maximum atomic E-state index is 13.6. The molecule has 0 spiro atoms. The SMILES string of the molecule is CNS(=O)(=O)OC[C@H]1C[C@@H](Nc2ccnc3cc(-c4cccc(C(C)(C)C(F)(F)F)c4)nn23)C[C@@H]1O. The maximum Gasteiger partial charge on any atom is 0.397 e. The molecule has 13 heteroatoms. The minimum Gasteiger partial charge on any atom is -0.393 e. The minimum atomic E-state index is -4.41. The number of anilines is 1. The van der Waals surface area contributed by atoms with Crippen LogP contribution in [0.3, 0.4) is 0 Å². The first-order valence-corrected chi connectivity index (χ1v) is 12.8. The van der Waals surface area contributed by atoms with Crippen LogP contribution in [0.5, 0.6) is 0 Å². The molecule has 196 valence electrons. The van der Waals surface area contributed by atoms with E-state index in [1.807, 2.05) is 0 Å². The van der Waals surface area contributed by atoms with Gasteiger partial charge in [-0.3, -0.25) is 4.18 Å². The number of halogens is 3. The number of rotatable bonds is 8. The van der Waals surface area contributed by atoms with Crippen molar-refractivity contribution in [3.8, 4) is 11.3 Å². The van der Waals surface area contributed by atoms with E-state index >= 15 is 0 Å². The minimum absolute atomic E-state index is 0.129. The first-order valence-electron chi connectivity index (χ1n) is 11.4. The number of fused-ring (bicyclic) bond motifs is 1. The van der Waals surface area contributed by atoms with Gasteiger partial charge in [0.15, 0.2) is 5.65 Å². The summed E-state index contributed by atoms with van der Waals surface area (Å²) in [6.45, 7) is 2.13. The lowest BCUT2D eigenvalue weighted by atomic mass is 9.83. The van der Waals surface area contributed by atoms with Gasteiger partial charge in [0.25, 0.3) is 0 Å². The zero-order valence-corrected chi connectivity index (χ0v) is 20.8. The molecule has 0 radical (unpaired) electrons. The number of hydrogen-bond donors (Lipinski definition) is 3. The van der Waals surface area contributed by atoms with Gasteiger partial charge in [0, 0.05) is 36.8 Å². The summed E-state index contributed by atoms with van der Waals surface area (Å²) in [5.41, 5.74) is -0.408. The molecule has 3 aromatic rings. The zero-order chi connectivity index (χ0) is 26.3. The van der Waals surface area contributed by atoms with Crippen molar-refractivity contribution in [3.63, 3.8) is 0 Å². The van der Waals surface area contributed by atoms with Gasteiger partial charge in [-0.2, -0.15) is 35.9 Å². The van der Waals surface area contributed by atoms with Crippen LogP contribution in [0.25, 0.3) is 16.9 Å². The Morgan fingerprint density at radius 3 is 2.64 bits per heavy atom. The number of benzene rings is 1. The molecule has 0 amide bonds. The first kappa shape index (κ1) is 26.3. The summed E-state index contributed by atoms with van der Waals surface area (Å²) in [5.74, 6) is 0.204. The van der Waals surface area contributed by atoms with E-state index in [0.717, 1.165) is 13.8 Å². The molecule has 3 N–H and O–H groups in total. The van der Waals surface area contributed by atoms with Crippen LogP contribution in [0.2, 0.25) is 0 Å². The summed E-state index contributed by atoms with van der Waals surface area (Å²) in [6, 6.07) is 9.42. The summed E-state index contributed by atoms with van der Waals surface area (Å²) < 4.78 is 72.2. The van der Waals surface area contributed by atoms with Crippen LogP contribution in [-0.4, -0.2) is 60.1 Å². The molecule has 0 saturated heterocycles. The summed E-state index contributed by atoms with van der Waals surface area (Å²) in [4.78, 5) is 4.31. The Labute approximate surface area is 206 Å². The summed E-state index contributed by atoms with van der Waals surface area (Å²) in [7, 11) is -2.60. The third-order valence-corrected chi connectivity index (χ3v) is 7.59. The Morgan fingerprint density at radius 2 is 1.94 bits per heavy atom. The molecule has 0 aliphatic heterocycles. The second kappa shape index (κ2) is 9.61. The molecular weight excluding hydrogens is 499 g/mol. The maximum absolute atomic E-state index is 13.6. The van der Waals surface area contributed by atoms with E-state index in [-0.39, 0.29) is 24.1 Å². The molecule has 36 heavy (non-hydrogen) atoms. The average Bonchev–Trinajstić information content (AvgIpc) is 3.41. The quantitative estimate of drug-likeness (QED) is 0.412. The van der Waals surface area contributed by atoms with Crippen LogP contribution in [0.1, 0.15) is 32.3 Å². The van der Waals surface area contributed by atoms with Crippen molar-refractivity contribution in [2.45, 2.75) is 50.4 Å². The number of hydrogen-bond acceptors (Lipinski definition) is 7. The van der Waals surface area contributed by atoms with E-state index in [1.165, 1.54) is 19.2 Å². The normalized spacial score (nSPS) is 21.2.